The van der Waals surface area contributed by atoms with Gasteiger partial charge in [0.15, 0.2) is 18.1 Å². The Kier molecular flexibility index (Phi) is 3.58. The van der Waals surface area contributed by atoms with Crippen molar-refractivity contribution in [1.29, 1.82) is 0 Å². The van der Waals surface area contributed by atoms with Crippen LogP contribution < -0.4 is 0 Å². The van der Waals surface area contributed by atoms with Gasteiger partial charge < -0.3 is 0 Å². The minimum Gasteiger partial charge on any atom is -0.0985 e. The molecular weight excluding hydrogens is 194 g/mol. The van der Waals surface area contributed by atoms with Gasteiger partial charge in [0, 0.05) is 5.56 Å². The van der Waals surface area contributed by atoms with E-state index in [9.17, 15) is 0 Å². The van der Waals surface area contributed by atoms with Gasteiger partial charge in [0.25, 0.3) is 0 Å². The summed E-state index contributed by atoms with van der Waals surface area (Å²) in [5, 5.41) is 0. The molecule has 0 fully saturated rings. The lowest BCUT2D eigenvalue weighted by atomic mass is 10.1. The molecule has 0 aromatic heterocycles. The van der Waals surface area contributed by atoms with Crippen molar-refractivity contribution in [2.24, 2.45) is 0 Å². The Labute approximate surface area is 97.0 Å². The zero-order valence-electron chi connectivity index (χ0n) is 8.98. The van der Waals surface area contributed by atoms with Crippen molar-refractivity contribution in [1.82, 2.24) is 0 Å². The standard InChI is InChI=1S/C15H12N/c1-5-14-9-11-15(12-10-14)13-16(6-2,7-3)8-4/h2-5,9-12H,1,13H2/q+1. The Morgan fingerprint density at radius 3 is 1.94 bits per heavy atom. The van der Waals surface area contributed by atoms with Crippen molar-refractivity contribution in [2.45, 2.75) is 6.54 Å². The molecule has 0 radical (unpaired) electrons. The van der Waals surface area contributed by atoms with Crippen LogP contribution in [0.1, 0.15) is 11.1 Å². The van der Waals surface area contributed by atoms with Gasteiger partial charge in [0.2, 0.25) is 0 Å². The third-order valence-electron chi connectivity index (χ3n) is 2.30. The van der Waals surface area contributed by atoms with E-state index in [0.29, 0.717) is 6.54 Å². The molecule has 1 aromatic rings. The van der Waals surface area contributed by atoms with E-state index < -0.39 is 0 Å². The van der Waals surface area contributed by atoms with Crippen LogP contribution in [-0.4, -0.2) is 4.48 Å². The summed E-state index contributed by atoms with van der Waals surface area (Å²) in [6.07, 6.45) is 17.8. The number of rotatable bonds is 3. The lowest BCUT2D eigenvalue weighted by Crippen LogP contribution is -2.31. The Morgan fingerprint density at radius 2 is 1.56 bits per heavy atom. The molecule has 0 saturated heterocycles. The second-order valence-corrected chi connectivity index (χ2v) is 3.30. The molecule has 1 rings (SSSR count). The maximum Gasteiger partial charge on any atom is 0.163 e. The predicted octanol–water partition coefficient (Wildman–Crippen LogP) is 2.42. The van der Waals surface area contributed by atoms with Crippen LogP contribution in [0.5, 0.6) is 0 Å². The zero-order valence-corrected chi connectivity index (χ0v) is 8.98. The summed E-state index contributed by atoms with van der Waals surface area (Å²) >= 11 is 0. The fraction of sp³-hybridized carbons (Fsp3) is 0.0667. The molecule has 0 aliphatic rings. The molecule has 0 atom stereocenters. The highest BCUT2D eigenvalue weighted by Crippen LogP contribution is 2.12. The summed E-state index contributed by atoms with van der Waals surface area (Å²) in [5.41, 5.74) is 2.04. The number of benzene rings is 1. The molecule has 0 N–H and O–H groups in total. The molecule has 1 heteroatoms. The number of hydrogen-bond donors (Lipinski definition) is 0. The third-order valence-corrected chi connectivity index (χ3v) is 2.30. The van der Waals surface area contributed by atoms with Crippen LogP contribution in [0.3, 0.4) is 0 Å². The van der Waals surface area contributed by atoms with Crippen LogP contribution in [-0.2, 0) is 6.54 Å². The minimum atomic E-state index is -0.243. The Balaban J connectivity index is 2.98. The van der Waals surface area contributed by atoms with Gasteiger partial charge in [-0.2, -0.15) is 0 Å². The van der Waals surface area contributed by atoms with Crippen molar-refractivity contribution < 1.29 is 4.48 Å². The molecule has 0 unspecified atom stereocenters. The van der Waals surface area contributed by atoms with E-state index in [4.69, 9.17) is 19.3 Å². The molecule has 76 valence electrons. The molecule has 0 amide bonds. The summed E-state index contributed by atoms with van der Waals surface area (Å²) in [5.74, 6) is 0. The first-order valence-corrected chi connectivity index (χ1v) is 4.72. The lowest BCUT2D eigenvalue weighted by Gasteiger charge is -2.14. The van der Waals surface area contributed by atoms with Crippen molar-refractivity contribution >= 4 is 6.08 Å². The first-order chi connectivity index (χ1) is 7.69. The highest BCUT2D eigenvalue weighted by atomic mass is 15.3. The molecule has 0 heterocycles. The fourth-order valence-corrected chi connectivity index (χ4v) is 1.28. The van der Waals surface area contributed by atoms with E-state index in [1.165, 1.54) is 0 Å². The van der Waals surface area contributed by atoms with E-state index in [1.54, 1.807) is 6.08 Å². The van der Waals surface area contributed by atoms with E-state index in [1.807, 2.05) is 24.3 Å². The average molecular weight is 206 g/mol. The van der Waals surface area contributed by atoms with Crippen LogP contribution in [0.2, 0.25) is 0 Å². The van der Waals surface area contributed by atoms with Gasteiger partial charge in [-0.3, -0.25) is 0 Å². The highest BCUT2D eigenvalue weighted by Gasteiger charge is 2.22. The van der Waals surface area contributed by atoms with E-state index in [2.05, 4.69) is 24.7 Å². The molecular formula is C15H12N+. The summed E-state index contributed by atoms with van der Waals surface area (Å²) in [4.78, 5) is 0. The van der Waals surface area contributed by atoms with Crippen LogP contribution in [0, 0.1) is 37.4 Å². The van der Waals surface area contributed by atoms with Gasteiger partial charge in [-0.15, -0.1) is 0 Å². The molecule has 1 aromatic carbocycles. The van der Waals surface area contributed by atoms with Crippen LogP contribution in [0.4, 0.5) is 0 Å². The maximum absolute atomic E-state index is 5.35. The zero-order chi connectivity index (χ0) is 12.0. The predicted molar refractivity (Wildman–Crippen MR) is 67.0 cm³/mol. The second kappa shape index (κ2) is 4.90. The first-order valence-electron chi connectivity index (χ1n) is 4.72. The lowest BCUT2D eigenvalue weighted by molar-refractivity contribution is -0.735. The quantitative estimate of drug-likeness (QED) is 0.526. The smallest absolute Gasteiger partial charge is 0.0985 e. The molecule has 0 aliphatic carbocycles. The first kappa shape index (κ1) is 11.7. The molecule has 0 aliphatic heterocycles. The summed E-state index contributed by atoms with van der Waals surface area (Å²) in [6.45, 7) is 4.11. The van der Waals surface area contributed by atoms with Crippen LogP contribution in [0.25, 0.3) is 6.08 Å². The third kappa shape index (κ3) is 2.34. The normalized spacial score (nSPS) is 9.56. The Bertz CT molecular complexity index is 464. The van der Waals surface area contributed by atoms with E-state index >= 15 is 0 Å². The van der Waals surface area contributed by atoms with Crippen molar-refractivity contribution in [3.8, 4) is 37.4 Å². The summed E-state index contributed by atoms with van der Waals surface area (Å²) in [6, 6.07) is 15.1. The summed E-state index contributed by atoms with van der Waals surface area (Å²) < 4.78 is -0.243. The van der Waals surface area contributed by atoms with Crippen molar-refractivity contribution in [3.05, 3.63) is 42.0 Å². The van der Waals surface area contributed by atoms with E-state index in [0.717, 1.165) is 11.1 Å². The van der Waals surface area contributed by atoms with E-state index in [-0.39, 0.29) is 4.48 Å². The van der Waals surface area contributed by atoms with Gasteiger partial charge in [-0.1, -0.05) is 60.7 Å². The minimum absolute atomic E-state index is 0.243. The van der Waals surface area contributed by atoms with Crippen molar-refractivity contribution in [2.75, 3.05) is 0 Å². The average Bonchev–Trinajstić information content (AvgIpc) is 2.37. The molecule has 0 bridgehead atoms. The van der Waals surface area contributed by atoms with Gasteiger partial charge in [0.1, 0.15) is 6.54 Å². The highest BCUT2D eigenvalue weighted by molar-refractivity contribution is 5.47. The van der Waals surface area contributed by atoms with Crippen LogP contribution in [0.15, 0.2) is 30.8 Å². The van der Waals surface area contributed by atoms with Crippen molar-refractivity contribution in [3.63, 3.8) is 0 Å². The monoisotopic (exact) mass is 206 g/mol. The maximum atomic E-state index is 5.35. The molecule has 0 saturated carbocycles. The Hall–Kier alpha value is -2.40. The largest absolute Gasteiger partial charge is 0.163 e. The topological polar surface area (TPSA) is 0 Å². The molecule has 1 nitrogen and oxygen atoms in total. The Morgan fingerprint density at radius 1 is 1.06 bits per heavy atom. The van der Waals surface area contributed by atoms with Gasteiger partial charge in [0.05, 0.1) is 0 Å². The number of hydrogen-bond acceptors (Lipinski definition) is 0. The fourth-order valence-electron chi connectivity index (χ4n) is 1.28. The summed E-state index contributed by atoms with van der Waals surface area (Å²) in [7, 11) is 0. The molecule has 0 spiro atoms. The van der Waals surface area contributed by atoms with Crippen LogP contribution >= 0.6 is 0 Å². The second-order valence-electron chi connectivity index (χ2n) is 3.30. The van der Waals surface area contributed by atoms with Gasteiger partial charge >= 0.3 is 0 Å². The number of quaternary nitrogens is 1. The number of terminal acetylenes is 3. The SMILES string of the molecule is C#C[N+](C#C)(C#C)Cc1ccc(C=C)cc1. The number of nitrogens with zero attached hydrogens (tertiary/aromatic N) is 1. The molecule has 16 heavy (non-hydrogen) atoms. The van der Waals surface area contributed by atoms with Gasteiger partial charge in [-0.05, 0) is 5.56 Å². The van der Waals surface area contributed by atoms with Gasteiger partial charge in [-0.25, -0.2) is 0 Å².